The Balaban J connectivity index is 2.33. The molecule has 0 radical (unpaired) electrons. The third-order valence-corrected chi connectivity index (χ3v) is 4.96. The quantitative estimate of drug-likeness (QED) is 0.760. The number of sulfonamides is 1. The summed E-state index contributed by atoms with van der Waals surface area (Å²) in [6, 6.07) is 10.7. The van der Waals surface area contributed by atoms with Crippen molar-refractivity contribution in [3.8, 4) is 5.75 Å². The molecule has 2 aromatic carbocycles. The minimum Gasteiger partial charge on any atom is -0.495 e. The topological polar surface area (TPSA) is 84.5 Å². The van der Waals surface area contributed by atoms with E-state index in [4.69, 9.17) is 16.3 Å². The molecule has 0 saturated heterocycles. The van der Waals surface area contributed by atoms with Crippen molar-refractivity contribution in [3.05, 3.63) is 47.5 Å². The maximum absolute atomic E-state index is 12.7. The van der Waals surface area contributed by atoms with Gasteiger partial charge in [0.25, 0.3) is 10.0 Å². The molecule has 25 heavy (non-hydrogen) atoms. The van der Waals surface area contributed by atoms with E-state index >= 15 is 0 Å². The molecular formula is C17H19ClN2O4S. The number of carbonyl (C=O) groups is 1. The van der Waals surface area contributed by atoms with Crippen molar-refractivity contribution in [1.82, 2.24) is 0 Å². The molecule has 2 aromatic rings. The number of rotatable bonds is 7. The highest BCUT2D eigenvalue weighted by molar-refractivity contribution is 7.92. The number of ether oxygens (including phenoxy) is 1. The molecule has 8 heteroatoms. The molecule has 0 unspecified atom stereocenters. The Kier molecular flexibility index (Phi) is 6.27. The van der Waals surface area contributed by atoms with Gasteiger partial charge in [-0.05, 0) is 48.9 Å². The van der Waals surface area contributed by atoms with Crippen LogP contribution in [0.1, 0.15) is 19.8 Å². The number of hydrogen-bond donors (Lipinski definition) is 2. The molecule has 0 aliphatic heterocycles. The Morgan fingerprint density at radius 3 is 2.36 bits per heavy atom. The molecule has 0 spiro atoms. The van der Waals surface area contributed by atoms with Crippen LogP contribution in [0.2, 0.25) is 5.02 Å². The minimum atomic E-state index is -3.91. The smallest absolute Gasteiger partial charge is 0.265 e. The van der Waals surface area contributed by atoms with Gasteiger partial charge in [0.05, 0.1) is 7.11 Å². The van der Waals surface area contributed by atoms with Gasteiger partial charge in [-0.3, -0.25) is 9.52 Å². The standard InChI is InChI=1S/C17H19ClN2O4S/c1-3-4-17(21)19-14-9-10-15(24-2)16(11-14)25(22,23)20-13-7-5-12(18)6-8-13/h5-11,20H,3-4H2,1-2H3,(H,19,21). The minimum absolute atomic E-state index is 0.0701. The second-order valence-electron chi connectivity index (χ2n) is 5.28. The van der Waals surface area contributed by atoms with Gasteiger partial charge < -0.3 is 10.1 Å². The third kappa shape index (κ3) is 5.11. The summed E-state index contributed by atoms with van der Waals surface area (Å²) in [4.78, 5) is 11.7. The van der Waals surface area contributed by atoms with Crippen LogP contribution in [0.3, 0.4) is 0 Å². The van der Waals surface area contributed by atoms with E-state index in [2.05, 4.69) is 10.0 Å². The molecule has 0 aromatic heterocycles. The molecule has 0 fully saturated rings. The summed E-state index contributed by atoms with van der Waals surface area (Å²) < 4.78 is 33.0. The van der Waals surface area contributed by atoms with Gasteiger partial charge in [0, 0.05) is 22.8 Å². The molecular weight excluding hydrogens is 364 g/mol. The van der Waals surface area contributed by atoms with E-state index in [-0.39, 0.29) is 16.6 Å². The summed E-state index contributed by atoms with van der Waals surface area (Å²) in [6.07, 6.45) is 1.06. The van der Waals surface area contributed by atoms with Crippen LogP contribution in [-0.2, 0) is 14.8 Å². The second-order valence-corrected chi connectivity index (χ2v) is 7.36. The molecule has 1 amide bonds. The zero-order chi connectivity index (χ0) is 18.4. The normalized spacial score (nSPS) is 11.0. The summed E-state index contributed by atoms with van der Waals surface area (Å²) >= 11 is 5.81. The van der Waals surface area contributed by atoms with Crippen LogP contribution in [0, 0.1) is 0 Å². The Morgan fingerprint density at radius 1 is 1.12 bits per heavy atom. The Bertz CT molecular complexity index is 851. The summed E-state index contributed by atoms with van der Waals surface area (Å²) in [5.74, 6) is -0.00312. The monoisotopic (exact) mass is 382 g/mol. The Labute approximate surface area is 152 Å². The molecule has 2 N–H and O–H groups in total. The predicted molar refractivity (Wildman–Crippen MR) is 98.8 cm³/mol. The van der Waals surface area contributed by atoms with E-state index in [1.807, 2.05) is 6.92 Å². The number of methoxy groups -OCH3 is 1. The highest BCUT2D eigenvalue weighted by atomic mass is 35.5. The first-order chi connectivity index (χ1) is 11.9. The van der Waals surface area contributed by atoms with E-state index in [1.165, 1.54) is 19.2 Å². The molecule has 2 rings (SSSR count). The number of amides is 1. The third-order valence-electron chi connectivity index (χ3n) is 3.31. The highest BCUT2D eigenvalue weighted by Crippen LogP contribution is 2.29. The molecule has 0 heterocycles. The van der Waals surface area contributed by atoms with Crippen molar-refractivity contribution in [2.24, 2.45) is 0 Å². The van der Waals surface area contributed by atoms with Crippen molar-refractivity contribution in [1.29, 1.82) is 0 Å². The largest absolute Gasteiger partial charge is 0.495 e. The van der Waals surface area contributed by atoms with Crippen molar-refractivity contribution < 1.29 is 17.9 Å². The highest BCUT2D eigenvalue weighted by Gasteiger charge is 2.21. The number of nitrogens with one attached hydrogen (secondary N) is 2. The van der Waals surface area contributed by atoms with Crippen LogP contribution in [-0.4, -0.2) is 21.4 Å². The van der Waals surface area contributed by atoms with E-state index < -0.39 is 10.0 Å². The fraction of sp³-hybridized carbons (Fsp3) is 0.235. The van der Waals surface area contributed by atoms with Gasteiger partial charge in [0.1, 0.15) is 10.6 Å². The zero-order valence-electron chi connectivity index (χ0n) is 13.9. The first kappa shape index (κ1) is 19.1. The average molecular weight is 383 g/mol. The van der Waals surface area contributed by atoms with Gasteiger partial charge in [0.15, 0.2) is 0 Å². The van der Waals surface area contributed by atoms with Gasteiger partial charge in [-0.2, -0.15) is 0 Å². The molecule has 0 aliphatic rings. The van der Waals surface area contributed by atoms with Crippen LogP contribution in [0.15, 0.2) is 47.4 Å². The van der Waals surface area contributed by atoms with Crippen LogP contribution < -0.4 is 14.8 Å². The van der Waals surface area contributed by atoms with Crippen molar-refractivity contribution in [2.45, 2.75) is 24.7 Å². The van der Waals surface area contributed by atoms with Gasteiger partial charge in [0.2, 0.25) is 5.91 Å². The number of hydrogen-bond acceptors (Lipinski definition) is 4. The number of halogens is 1. The second kappa shape index (κ2) is 8.22. The van der Waals surface area contributed by atoms with E-state index in [9.17, 15) is 13.2 Å². The van der Waals surface area contributed by atoms with Gasteiger partial charge in [-0.1, -0.05) is 18.5 Å². The van der Waals surface area contributed by atoms with E-state index in [1.54, 1.807) is 30.3 Å². The van der Waals surface area contributed by atoms with Crippen LogP contribution >= 0.6 is 11.6 Å². The molecule has 134 valence electrons. The van der Waals surface area contributed by atoms with Crippen LogP contribution in [0.25, 0.3) is 0 Å². The predicted octanol–water partition coefficient (Wildman–Crippen LogP) is 3.89. The first-order valence-corrected chi connectivity index (χ1v) is 9.48. The number of benzene rings is 2. The zero-order valence-corrected chi connectivity index (χ0v) is 15.4. The van der Waals surface area contributed by atoms with Gasteiger partial charge in [-0.25, -0.2) is 8.42 Å². The summed E-state index contributed by atoms with van der Waals surface area (Å²) in [6.45, 7) is 1.89. The van der Waals surface area contributed by atoms with Crippen LogP contribution in [0.5, 0.6) is 5.75 Å². The fourth-order valence-electron chi connectivity index (χ4n) is 2.14. The Hall–Kier alpha value is -2.25. The lowest BCUT2D eigenvalue weighted by Gasteiger charge is -2.13. The average Bonchev–Trinajstić information content (AvgIpc) is 2.57. The first-order valence-electron chi connectivity index (χ1n) is 7.62. The summed E-state index contributed by atoms with van der Waals surface area (Å²) in [5.41, 5.74) is 0.752. The molecule has 0 bridgehead atoms. The summed E-state index contributed by atoms with van der Waals surface area (Å²) in [7, 11) is -2.53. The molecule has 0 saturated carbocycles. The molecule has 0 aliphatic carbocycles. The lowest BCUT2D eigenvalue weighted by molar-refractivity contribution is -0.116. The van der Waals surface area contributed by atoms with Crippen molar-refractivity contribution >= 4 is 38.9 Å². The maximum Gasteiger partial charge on any atom is 0.265 e. The van der Waals surface area contributed by atoms with Gasteiger partial charge in [-0.15, -0.1) is 0 Å². The van der Waals surface area contributed by atoms with Gasteiger partial charge >= 0.3 is 0 Å². The lowest BCUT2D eigenvalue weighted by atomic mass is 10.2. The van der Waals surface area contributed by atoms with E-state index in [0.717, 1.165) is 0 Å². The summed E-state index contributed by atoms with van der Waals surface area (Å²) in [5, 5.41) is 3.17. The number of carbonyl (C=O) groups excluding carboxylic acids is 1. The van der Waals surface area contributed by atoms with Crippen LogP contribution in [0.4, 0.5) is 11.4 Å². The van der Waals surface area contributed by atoms with Crippen molar-refractivity contribution in [3.63, 3.8) is 0 Å². The SMILES string of the molecule is CCCC(=O)Nc1ccc(OC)c(S(=O)(=O)Nc2ccc(Cl)cc2)c1. The molecule has 0 atom stereocenters. The maximum atomic E-state index is 12.7. The fourth-order valence-corrected chi connectivity index (χ4v) is 3.52. The number of anilines is 2. The lowest BCUT2D eigenvalue weighted by Crippen LogP contribution is -2.15. The van der Waals surface area contributed by atoms with Crippen molar-refractivity contribution in [2.75, 3.05) is 17.1 Å². The molecule has 6 nitrogen and oxygen atoms in total. The Morgan fingerprint density at radius 2 is 1.76 bits per heavy atom. The van der Waals surface area contributed by atoms with E-state index in [0.29, 0.717) is 29.2 Å².